The average molecular weight is 486 g/mol. The maximum Gasteiger partial charge on any atom is 0.276 e. The second-order valence-electron chi connectivity index (χ2n) is 7.80. The number of carbonyl (C=O) groups excluding carboxylic acids is 1. The van der Waals surface area contributed by atoms with Gasteiger partial charge in [-0.2, -0.15) is 5.10 Å². The summed E-state index contributed by atoms with van der Waals surface area (Å²) in [5.41, 5.74) is 3.03. The summed E-state index contributed by atoms with van der Waals surface area (Å²) in [4.78, 5) is 20.1. The molecule has 0 bridgehead atoms. The third kappa shape index (κ3) is 4.02. The predicted molar refractivity (Wildman–Crippen MR) is 125 cm³/mol. The molecule has 0 saturated heterocycles. The number of rotatable bonds is 3. The van der Waals surface area contributed by atoms with E-state index in [-0.39, 0.29) is 35.0 Å². The molecule has 34 heavy (non-hydrogen) atoms. The normalized spacial score (nSPS) is 17.2. The van der Waals surface area contributed by atoms with Gasteiger partial charge in [0.2, 0.25) is 0 Å². The molecule has 4 aromatic heterocycles. The Morgan fingerprint density at radius 3 is 2.65 bits per heavy atom. The van der Waals surface area contributed by atoms with Crippen LogP contribution in [0.1, 0.15) is 64.9 Å². The van der Waals surface area contributed by atoms with Crippen molar-refractivity contribution >= 4 is 17.2 Å². The molecule has 0 fully saturated rings. The molecule has 0 N–H and O–H groups in total. The first-order valence-electron chi connectivity index (χ1n) is 11.0. The molecule has 0 saturated carbocycles. The van der Waals surface area contributed by atoms with E-state index in [1.165, 1.54) is 10.9 Å². The van der Waals surface area contributed by atoms with Crippen LogP contribution < -0.4 is 0 Å². The predicted octanol–water partition coefficient (Wildman–Crippen LogP) is 5.49. The van der Waals surface area contributed by atoms with Crippen LogP contribution in [0.15, 0.2) is 40.5 Å². The zero-order valence-corrected chi connectivity index (χ0v) is 20.4. The Morgan fingerprint density at radius 2 is 1.97 bits per heavy atom. The van der Waals surface area contributed by atoms with Gasteiger partial charge in [0.15, 0.2) is 17.3 Å². The second-order valence-corrected chi connectivity index (χ2v) is 8.74. The summed E-state index contributed by atoms with van der Waals surface area (Å²) < 4.78 is 34.2. The molecule has 0 radical (unpaired) electrons. The smallest absolute Gasteiger partial charge is 0.276 e. The van der Waals surface area contributed by atoms with Gasteiger partial charge in [0.05, 0.1) is 18.4 Å². The lowest BCUT2D eigenvalue weighted by atomic mass is 9.88. The van der Waals surface area contributed by atoms with E-state index < -0.39 is 11.6 Å². The third-order valence-electron chi connectivity index (χ3n) is 6.02. The molecule has 10 heteroatoms. The molecule has 1 amide bonds. The number of carbonyl (C=O) groups is 1. The van der Waals surface area contributed by atoms with Crippen LogP contribution in [0.4, 0.5) is 8.78 Å². The molecule has 2 atom stereocenters. The summed E-state index contributed by atoms with van der Waals surface area (Å²) in [6.45, 7) is 8.43. The fraction of sp³-hybridized carbons (Fsp3) is 0.333. The standard InChI is InChI=1S/C22H19F2N5O2S.C2H6/c1-11-15(9-26-28(11)3)16-10-29(12(2)14-4-5-32-21(14)16)22(30)18-7-19(31-27-18)20-17(24)6-13(23)8-25-20;1-2/h4-9,12,16H,10H2,1-3H3;1-2H3. The highest BCUT2D eigenvalue weighted by Gasteiger charge is 2.37. The summed E-state index contributed by atoms with van der Waals surface area (Å²) in [6.07, 6.45) is 2.73. The number of halogens is 2. The maximum absolute atomic E-state index is 14.1. The van der Waals surface area contributed by atoms with Crippen LogP contribution in [0, 0.1) is 18.6 Å². The van der Waals surface area contributed by atoms with Gasteiger partial charge in [-0.05, 0) is 30.9 Å². The maximum atomic E-state index is 14.1. The van der Waals surface area contributed by atoms with Crippen molar-refractivity contribution in [2.75, 3.05) is 6.54 Å². The highest BCUT2D eigenvalue weighted by Crippen LogP contribution is 2.43. The van der Waals surface area contributed by atoms with Crippen LogP contribution in [0.25, 0.3) is 11.5 Å². The summed E-state index contributed by atoms with van der Waals surface area (Å²) in [5, 5.41) is 10.2. The fourth-order valence-corrected chi connectivity index (χ4v) is 5.25. The minimum absolute atomic E-state index is 0.0126. The monoisotopic (exact) mass is 485 g/mol. The van der Waals surface area contributed by atoms with E-state index in [1.807, 2.05) is 57.1 Å². The van der Waals surface area contributed by atoms with Crippen LogP contribution in [-0.4, -0.2) is 37.3 Å². The molecule has 178 valence electrons. The SMILES string of the molecule is CC.Cc1c(C2CN(C(=O)c3cc(-c4ncc(F)cc4F)on3)C(C)c3ccsc32)cnn1C. The minimum atomic E-state index is -0.887. The molecule has 0 spiro atoms. The number of aryl methyl sites for hydroxylation is 1. The zero-order valence-electron chi connectivity index (χ0n) is 19.5. The van der Waals surface area contributed by atoms with Gasteiger partial charge < -0.3 is 9.42 Å². The summed E-state index contributed by atoms with van der Waals surface area (Å²) >= 11 is 1.67. The number of amides is 1. The largest absolute Gasteiger partial charge is 0.354 e. The van der Waals surface area contributed by atoms with Crippen LogP contribution >= 0.6 is 11.3 Å². The van der Waals surface area contributed by atoms with Crippen molar-refractivity contribution in [3.63, 3.8) is 0 Å². The van der Waals surface area contributed by atoms with E-state index >= 15 is 0 Å². The van der Waals surface area contributed by atoms with Crippen molar-refractivity contribution in [1.29, 1.82) is 0 Å². The molecular weight excluding hydrogens is 460 g/mol. The summed E-state index contributed by atoms with van der Waals surface area (Å²) in [7, 11) is 1.89. The van der Waals surface area contributed by atoms with Gasteiger partial charge in [-0.3, -0.25) is 9.48 Å². The number of hydrogen-bond donors (Lipinski definition) is 0. The van der Waals surface area contributed by atoms with Crippen LogP contribution in [0.5, 0.6) is 0 Å². The minimum Gasteiger partial charge on any atom is -0.354 e. The first-order valence-corrected chi connectivity index (χ1v) is 11.9. The number of aromatic nitrogens is 4. The topological polar surface area (TPSA) is 77.1 Å². The number of pyridine rings is 1. The number of hydrogen-bond acceptors (Lipinski definition) is 6. The average Bonchev–Trinajstić information content (AvgIpc) is 3.57. The Labute approximate surface area is 200 Å². The van der Waals surface area contributed by atoms with Crippen LogP contribution in [0.2, 0.25) is 0 Å². The number of thiophene rings is 1. The van der Waals surface area contributed by atoms with E-state index in [9.17, 15) is 13.6 Å². The summed E-state index contributed by atoms with van der Waals surface area (Å²) in [6, 6.07) is 3.91. The molecular formula is C24H25F2N5O2S. The number of nitrogens with zero attached hydrogens (tertiary/aromatic N) is 5. The first kappa shape index (κ1) is 23.7. The molecule has 0 aromatic carbocycles. The van der Waals surface area contributed by atoms with Crippen molar-refractivity contribution in [2.45, 2.75) is 39.7 Å². The lowest BCUT2D eigenvalue weighted by Gasteiger charge is -2.37. The van der Waals surface area contributed by atoms with E-state index in [2.05, 4.69) is 15.2 Å². The molecule has 1 aliphatic rings. The van der Waals surface area contributed by atoms with E-state index in [0.29, 0.717) is 12.6 Å². The van der Waals surface area contributed by atoms with Crippen LogP contribution in [-0.2, 0) is 7.05 Å². The molecule has 7 nitrogen and oxygen atoms in total. The van der Waals surface area contributed by atoms with E-state index in [0.717, 1.165) is 23.0 Å². The fourth-order valence-electron chi connectivity index (χ4n) is 4.15. The van der Waals surface area contributed by atoms with Gasteiger partial charge >= 0.3 is 0 Å². The lowest BCUT2D eigenvalue weighted by molar-refractivity contribution is 0.0656. The molecule has 1 aliphatic heterocycles. The van der Waals surface area contributed by atoms with Gasteiger partial charge in [-0.1, -0.05) is 19.0 Å². The van der Waals surface area contributed by atoms with Gasteiger partial charge in [-0.25, -0.2) is 13.8 Å². The third-order valence-corrected chi connectivity index (χ3v) is 7.07. The van der Waals surface area contributed by atoms with Crippen LogP contribution in [0.3, 0.4) is 0 Å². The van der Waals surface area contributed by atoms with E-state index in [4.69, 9.17) is 4.52 Å². The molecule has 2 unspecified atom stereocenters. The van der Waals surface area contributed by atoms with E-state index in [1.54, 1.807) is 16.2 Å². The quantitative estimate of drug-likeness (QED) is 0.383. The lowest BCUT2D eigenvalue weighted by Crippen LogP contribution is -2.40. The highest BCUT2D eigenvalue weighted by atomic mass is 32.1. The number of fused-ring (bicyclic) bond motifs is 1. The first-order chi connectivity index (χ1) is 16.3. The Bertz CT molecular complexity index is 1330. The van der Waals surface area contributed by atoms with Gasteiger partial charge in [0, 0.05) is 47.8 Å². The highest BCUT2D eigenvalue weighted by molar-refractivity contribution is 7.10. The van der Waals surface area contributed by atoms with Crippen molar-refractivity contribution in [3.05, 3.63) is 75.0 Å². The Morgan fingerprint density at radius 1 is 1.21 bits per heavy atom. The van der Waals surface area contributed by atoms with Crippen molar-refractivity contribution in [1.82, 2.24) is 24.8 Å². The second kappa shape index (κ2) is 9.46. The van der Waals surface area contributed by atoms with Crippen molar-refractivity contribution in [2.24, 2.45) is 7.05 Å². The van der Waals surface area contributed by atoms with Gasteiger partial charge in [-0.15, -0.1) is 11.3 Å². The molecule has 0 aliphatic carbocycles. The zero-order chi connectivity index (χ0) is 24.6. The Kier molecular flexibility index (Phi) is 6.60. The Balaban J connectivity index is 0.00000133. The molecule has 4 aromatic rings. The summed E-state index contributed by atoms with van der Waals surface area (Å²) in [5.74, 6) is -2.07. The Hall–Kier alpha value is -3.40. The van der Waals surface area contributed by atoms with Gasteiger partial charge in [0.25, 0.3) is 5.91 Å². The molecule has 5 heterocycles. The molecule has 5 rings (SSSR count). The van der Waals surface area contributed by atoms with Crippen molar-refractivity contribution < 1.29 is 18.1 Å². The van der Waals surface area contributed by atoms with Crippen molar-refractivity contribution in [3.8, 4) is 11.5 Å². The van der Waals surface area contributed by atoms with Gasteiger partial charge in [0.1, 0.15) is 11.5 Å².